The first kappa shape index (κ1) is 40.4. The van der Waals surface area contributed by atoms with Crippen molar-refractivity contribution in [2.45, 2.75) is 90.8 Å². The number of carboxylic acids is 2. The van der Waals surface area contributed by atoms with Gasteiger partial charge in [-0.3, -0.25) is 29.2 Å². The number of hydrogen-bond donors (Lipinski definition) is 3. The Bertz CT molecular complexity index is 2350. The number of fused-ring (bicyclic) bond motifs is 3. The number of carbonyl (C=O) groups excluding carboxylic acids is 1. The van der Waals surface area contributed by atoms with Crippen LogP contribution in [0, 0.1) is 24.7 Å². The third kappa shape index (κ3) is 7.66. The van der Waals surface area contributed by atoms with Crippen molar-refractivity contribution < 1.29 is 33.7 Å². The summed E-state index contributed by atoms with van der Waals surface area (Å²) in [6.07, 6.45) is 10.4. The average Bonchev–Trinajstić information content (AvgIpc) is 3.90. The van der Waals surface area contributed by atoms with Gasteiger partial charge in [-0.05, 0) is 111 Å². The molecule has 310 valence electrons. The van der Waals surface area contributed by atoms with Crippen molar-refractivity contribution in [1.82, 2.24) is 24.3 Å². The number of amides is 1. The van der Waals surface area contributed by atoms with Crippen LogP contribution in [0.5, 0.6) is 5.75 Å². The molecule has 4 heterocycles. The normalized spacial score (nSPS) is 23.3. The van der Waals surface area contributed by atoms with Crippen LogP contribution in [0.4, 0.5) is 10.1 Å². The number of hydrogen-bond acceptors (Lipinski definition) is 8. The van der Waals surface area contributed by atoms with E-state index in [0.29, 0.717) is 54.4 Å². The predicted octanol–water partition coefficient (Wildman–Crippen LogP) is 7.66. The summed E-state index contributed by atoms with van der Waals surface area (Å²) in [4.78, 5) is 51.3. The van der Waals surface area contributed by atoms with Crippen LogP contribution in [0.3, 0.4) is 0 Å². The lowest BCUT2D eigenvalue weighted by molar-refractivity contribution is -0.148. The zero-order chi connectivity index (χ0) is 41.6. The molecule has 2 saturated carbocycles. The molecule has 2 bridgehead atoms. The Hall–Kier alpha value is -5.40. The number of anilines is 1. The number of piperidine rings is 1. The van der Waals surface area contributed by atoms with Crippen LogP contribution in [-0.2, 0) is 36.1 Å². The second-order valence-electron chi connectivity index (χ2n) is 17.3. The first-order chi connectivity index (χ1) is 28.3. The first-order valence-electron chi connectivity index (χ1n) is 20.7. The van der Waals surface area contributed by atoms with Crippen molar-refractivity contribution in [1.29, 1.82) is 0 Å². The molecule has 1 atom stereocenters. The number of methoxy groups -OCH3 is 1. The molecule has 8 rings (SSSR count). The van der Waals surface area contributed by atoms with Gasteiger partial charge in [0.05, 0.1) is 18.2 Å². The van der Waals surface area contributed by atoms with Crippen LogP contribution in [0.1, 0.15) is 101 Å². The summed E-state index contributed by atoms with van der Waals surface area (Å²) in [5, 5.41) is 22.7. The van der Waals surface area contributed by atoms with Crippen molar-refractivity contribution >= 4 is 35.4 Å². The largest absolute Gasteiger partial charge is 0.496 e. The Morgan fingerprint density at radius 1 is 1.02 bits per heavy atom. The third-order valence-corrected chi connectivity index (χ3v) is 13.7. The number of halogens is 1. The fourth-order valence-corrected chi connectivity index (χ4v) is 10.4. The number of carboxylic acid groups (broad SMARTS) is 2. The molecule has 4 aromatic rings. The topological polar surface area (TPSA) is 150 Å². The monoisotopic (exact) mass is 804 g/mol. The lowest BCUT2D eigenvalue weighted by Gasteiger charge is -2.35. The van der Waals surface area contributed by atoms with Gasteiger partial charge in [0.15, 0.2) is 5.82 Å². The standard InChI is InChI=1S/C46H53FN6O6/c1-28-30(21-34(47)36-22-40(59-4)31(23-48-36)24-53-19-6-5-13-39(53)43(55)56)9-7-10-32(28)33-11-8-12-35(29(33)2)50-42(54)41-49-37-25-52(20-14-38(37)51(41)3)27-45-15-17-46(26-45,18-16-45)44(57)58/h7-12,21-23,39H,5-6,13-20,24-27H2,1-4H3,(H,50,54)(H,55,56)(H,57,58)/b34-21-/t39-,45?,46?/m0/s1. The van der Waals surface area contributed by atoms with Crippen molar-refractivity contribution in [3.8, 4) is 16.9 Å². The van der Waals surface area contributed by atoms with Crippen LogP contribution in [0.2, 0.25) is 0 Å². The molecule has 2 aliphatic carbocycles. The molecule has 2 aromatic carbocycles. The van der Waals surface area contributed by atoms with Crippen molar-refractivity contribution in [3.63, 3.8) is 0 Å². The van der Waals surface area contributed by atoms with E-state index in [2.05, 4.69) is 15.2 Å². The zero-order valence-corrected chi connectivity index (χ0v) is 34.3. The van der Waals surface area contributed by atoms with E-state index < -0.39 is 29.2 Å². The molecule has 0 radical (unpaired) electrons. The van der Waals surface area contributed by atoms with E-state index in [0.717, 1.165) is 98.1 Å². The van der Waals surface area contributed by atoms with Gasteiger partial charge >= 0.3 is 11.9 Å². The minimum absolute atomic E-state index is 0.0533. The molecule has 3 N–H and O–H groups in total. The van der Waals surface area contributed by atoms with E-state index in [9.17, 15) is 24.6 Å². The van der Waals surface area contributed by atoms with Crippen LogP contribution in [0.25, 0.3) is 23.0 Å². The molecule has 59 heavy (non-hydrogen) atoms. The number of carbonyl (C=O) groups is 3. The van der Waals surface area contributed by atoms with Crippen molar-refractivity contribution in [3.05, 3.63) is 93.8 Å². The number of nitrogens with one attached hydrogen (secondary N) is 1. The van der Waals surface area contributed by atoms with Gasteiger partial charge in [-0.15, -0.1) is 0 Å². The molecular weight excluding hydrogens is 752 g/mol. The average molecular weight is 805 g/mol. The summed E-state index contributed by atoms with van der Waals surface area (Å²) in [6, 6.07) is 12.5. The summed E-state index contributed by atoms with van der Waals surface area (Å²) >= 11 is 0. The SMILES string of the molecule is COc1cc(/C(F)=C/c2cccc(-c3cccc(NC(=O)c4nc5c(n4C)CCN(CC46CCC(C(=O)O)(CC4)C6)C5)c3C)c2C)ncc1CN1CCCC[C@H]1C(=O)O. The van der Waals surface area contributed by atoms with Crippen LogP contribution in [0.15, 0.2) is 48.7 Å². The Morgan fingerprint density at radius 2 is 1.76 bits per heavy atom. The summed E-state index contributed by atoms with van der Waals surface area (Å²) in [5.41, 5.74) is 7.11. The Morgan fingerprint density at radius 3 is 2.47 bits per heavy atom. The van der Waals surface area contributed by atoms with Crippen molar-refractivity contribution in [2.24, 2.45) is 17.9 Å². The Balaban J connectivity index is 0.968. The van der Waals surface area contributed by atoms with Crippen LogP contribution < -0.4 is 10.1 Å². The second-order valence-corrected chi connectivity index (χ2v) is 17.3. The van der Waals surface area contributed by atoms with E-state index in [1.54, 1.807) is 12.3 Å². The molecule has 0 unspecified atom stereocenters. The predicted molar refractivity (Wildman–Crippen MR) is 223 cm³/mol. The van der Waals surface area contributed by atoms with Gasteiger partial charge < -0.3 is 24.8 Å². The number of likely N-dealkylation sites (tertiary alicyclic amines) is 1. The summed E-state index contributed by atoms with van der Waals surface area (Å²) in [6.45, 7) is 7.26. The lowest BCUT2D eigenvalue weighted by atomic mass is 9.81. The minimum Gasteiger partial charge on any atom is -0.496 e. The van der Waals surface area contributed by atoms with Gasteiger partial charge in [0.1, 0.15) is 23.3 Å². The number of pyridine rings is 1. The summed E-state index contributed by atoms with van der Waals surface area (Å²) in [5.74, 6) is -1.53. The highest BCUT2D eigenvalue weighted by Crippen LogP contribution is 2.62. The maximum atomic E-state index is 15.9. The highest BCUT2D eigenvalue weighted by molar-refractivity contribution is 6.03. The number of ether oxygens (including phenoxy) is 1. The summed E-state index contributed by atoms with van der Waals surface area (Å²) < 4.78 is 23.5. The second kappa shape index (κ2) is 16.0. The van der Waals surface area contributed by atoms with Crippen LogP contribution >= 0.6 is 0 Å². The van der Waals surface area contributed by atoms with E-state index >= 15 is 4.39 Å². The van der Waals surface area contributed by atoms with Gasteiger partial charge in [-0.1, -0.05) is 36.8 Å². The number of aromatic nitrogens is 3. The molecule has 12 nitrogen and oxygen atoms in total. The fraction of sp³-hybridized carbons (Fsp3) is 0.457. The highest BCUT2D eigenvalue weighted by Gasteiger charge is 2.58. The minimum atomic E-state index is -0.844. The van der Waals surface area contributed by atoms with Crippen LogP contribution in [-0.4, -0.2) is 85.2 Å². The molecule has 13 heteroatoms. The first-order valence-corrected chi connectivity index (χ1v) is 20.7. The maximum Gasteiger partial charge on any atom is 0.320 e. The van der Waals surface area contributed by atoms with Gasteiger partial charge in [0.2, 0.25) is 0 Å². The molecule has 0 spiro atoms. The smallest absolute Gasteiger partial charge is 0.320 e. The molecule has 1 amide bonds. The molecule has 1 saturated heterocycles. The molecule has 4 aliphatic rings. The van der Waals surface area contributed by atoms with Crippen molar-refractivity contribution in [2.75, 3.05) is 32.1 Å². The molecular formula is C46H53FN6O6. The number of nitrogens with zero attached hydrogens (tertiary/aromatic N) is 5. The zero-order valence-electron chi connectivity index (χ0n) is 34.3. The highest BCUT2D eigenvalue weighted by atomic mass is 19.1. The lowest BCUT2D eigenvalue weighted by Crippen LogP contribution is -2.44. The Kier molecular flexibility index (Phi) is 10.9. The van der Waals surface area contributed by atoms with Gasteiger partial charge in [-0.2, -0.15) is 0 Å². The molecule has 2 aliphatic heterocycles. The summed E-state index contributed by atoms with van der Waals surface area (Å²) in [7, 11) is 3.40. The molecule has 2 aromatic heterocycles. The van der Waals surface area contributed by atoms with E-state index in [-0.39, 0.29) is 17.0 Å². The Labute approximate surface area is 344 Å². The van der Waals surface area contributed by atoms with E-state index in [1.165, 1.54) is 13.2 Å². The number of aliphatic carboxylic acids is 2. The van der Waals surface area contributed by atoms with E-state index in [1.807, 2.05) is 66.8 Å². The number of rotatable bonds is 12. The molecule has 3 fully saturated rings. The third-order valence-electron chi connectivity index (χ3n) is 13.7. The maximum absolute atomic E-state index is 15.9. The quantitative estimate of drug-likeness (QED) is 0.130. The number of imidazole rings is 1. The fourth-order valence-electron chi connectivity index (χ4n) is 10.4. The van der Waals surface area contributed by atoms with E-state index in [4.69, 9.17) is 9.72 Å². The van der Waals surface area contributed by atoms with Gasteiger partial charge in [-0.25, -0.2) is 9.37 Å². The van der Waals surface area contributed by atoms with Gasteiger partial charge in [0.25, 0.3) is 5.91 Å². The number of benzene rings is 2. The van der Waals surface area contributed by atoms with Gasteiger partial charge in [0, 0.05) is 68.9 Å².